The zero-order chi connectivity index (χ0) is 27.3. The lowest BCUT2D eigenvalue weighted by Crippen LogP contribution is -2.37. The molecule has 11 heteroatoms. The fourth-order valence-corrected chi connectivity index (χ4v) is 6.13. The van der Waals surface area contributed by atoms with Gasteiger partial charge in [-0.05, 0) is 42.0 Å². The van der Waals surface area contributed by atoms with Crippen LogP contribution in [0.1, 0.15) is 22.8 Å². The molecule has 1 aliphatic rings. The lowest BCUT2D eigenvalue weighted by atomic mass is 10.0. The van der Waals surface area contributed by atoms with Gasteiger partial charge in [0.2, 0.25) is 0 Å². The summed E-state index contributed by atoms with van der Waals surface area (Å²) < 4.78 is 73.1. The maximum atomic E-state index is 15.1. The van der Waals surface area contributed by atoms with E-state index >= 15 is 4.39 Å². The van der Waals surface area contributed by atoms with E-state index in [0.717, 1.165) is 24.8 Å². The SMILES string of the molecule is COC(=O)C(CCOCc1ccccc1)=N[C@H]1COc2c(F)ccc(F)c2[C@@H]1S(=O)(=O)c1ccc(Cl)cc1. The molecular formula is C27H24ClF2NO6S. The molecule has 38 heavy (non-hydrogen) atoms. The van der Waals surface area contributed by atoms with Gasteiger partial charge in [0.25, 0.3) is 0 Å². The first kappa shape index (κ1) is 27.7. The summed E-state index contributed by atoms with van der Waals surface area (Å²) in [5, 5.41) is -1.39. The first-order valence-electron chi connectivity index (χ1n) is 11.6. The molecule has 1 aliphatic heterocycles. The minimum absolute atomic E-state index is 0.0117. The van der Waals surface area contributed by atoms with Crippen LogP contribution in [0.4, 0.5) is 8.78 Å². The molecule has 7 nitrogen and oxygen atoms in total. The number of esters is 1. The van der Waals surface area contributed by atoms with E-state index in [1.165, 1.54) is 24.3 Å². The standard InChI is InChI=1S/C27H24ClF2NO6S/c1-35-27(32)22(13-14-36-15-17-5-3-2-4-6-17)31-23-16-37-25-21(30)12-11-20(29)24(25)26(23)38(33,34)19-9-7-18(28)8-10-19/h2-12,23,26H,13-16H2,1H3/t23-,26+/m0/s1. The van der Waals surface area contributed by atoms with Gasteiger partial charge in [0.05, 0.1) is 30.8 Å². The summed E-state index contributed by atoms with van der Waals surface area (Å²) in [4.78, 5) is 16.7. The van der Waals surface area contributed by atoms with Crippen molar-refractivity contribution < 1.29 is 36.2 Å². The second-order valence-electron chi connectivity index (χ2n) is 8.43. The van der Waals surface area contributed by atoms with Crippen molar-refractivity contribution in [1.82, 2.24) is 0 Å². The molecular weight excluding hydrogens is 540 g/mol. The van der Waals surface area contributed by atoms with Gasteiger partial charge in [-0.25, -0.2) is 22.0 Å². The highest BCUT2D eigenvalue weighted by molar-refractivity contribution is 7.91. The second kappa shape index (κ2) is 12.0. The Labute approximate surface area is 223 Å². The average molecular weight is 564 g/mol. The van der Waals surface area contributed by atoms with Crippen LogP contribution in [0.2, 0.25) is 5.02 Å². The van der Waals surface area contributed by atoms with E-state index in [1.807, 2.05) is 30.3 Å². The van der Waals surface area contributed by atoms with Gasteiger partial charge in [-0.2, -0.15) is 0 Å². The number of aliphatic imine (C=N–C) groups is 1. The predicted octanol–water partition coefficient (Wildman–Crippen LogP) is 5.12. The predicted molar refractivity (Wildman–Crippen MR) is 137 cm³/mol. The molecule has 0 fully saturated rings. The van der Waals surface area contributed by atoms with E-state index in [4.69, 9.17) is 25.8 Å². The van der Waals surface area contributed by atoms with Crippen molar-refractivity contribution in [3.63, 3.8) is 0 Å². The Morgan fingerprint density at radius 2 is 1.74 bits per heavy atom. The number of carbonyl (C=O) groups excluding carboxylic acids is 1. The molecule has 0 radical (unpaired) electrons. The molecule has 3 aromatic rings. The van der Waals surface area contributed by atoms with Gasteiger partial charge in [0.15, 0.2) is 21.4 Å². The third-order valence-corrected chi connectivity index (χ3v) is 8.34. The Kier molecular flexibility index (Phi) is 8.76. The Morgan fingerprint density at radius 3 is 2.42 bits per heavy atom. The van der Waals surface area contributed by atoms with Crippen molar-refractivity contribution in [2.45, 2.75) is 29.2 Å². The van der Waals surface area contributed by atoms with Crippen molar-refractivity contribution in [3.8, 4) is 5.75 Å². The Hall–Kier alpha value is -3.34. The molecule has 2 atom stereocenters. The molecule has 200 valence electrons. The van der Waals surface area contributed by atoms with Crippen LogP contribution in [0.5, 0.6) is 5.75 Å². The molecule has 0 spiro atoms. The molecule has 3 aromatic carbocycles. The highest BCUT2D eigenvalue weighted by Gasteiger charge is 2.44. The van der Waals surface area contributed by atoms with E-state index in [1.54, 1.807) is 0 Å². The molecule has 0 bridgehead atoms. The summed E-state index contributed by atoms with van der Waals surface area (Å²) in [5.41, 5.74) is 0.309. The lowest BCUT2D eigenvalue weighted by molar-refractivity contribution is -0.133. The van der Waals surface area contributed by atoms with E-state index in [2.05, 4.69) is 4.99 Å². The van der Waals surface area contributed by atoms with Gasteiger partial charge < -0.3 is 14.2 Å². The largest absolute Gasteiger partial charge is 0.488 e. The van der Waals surface area contributed by atoms with Gasteiger partial charge >= 0.3 is 5.97 Å². The third kappa shape index (κ3) is 6.03. The Balaban J connectivity index is 1.70. The van der Waals surface area contributed by atoms with Crippen LogP contribution >= 0.6 is 11.6 Å². The number of methoxy groups -OCH3 is 1. The first-order chi connectivity index (χ1) is 18.2. The van der Waals surface area contributed by atoms with Gasteiger partial charge in [-0.15, -0.1) is 0 Å². The van der Waals surface area contributed by atoms with Gasteiger partial charge in [0.1, 0.15) is 29.4 Å². The highest BCUT2D eigenvalue weighted by Crippen LogP contribution is 2.44. The molecule has 0 aromatic heterocycles. The quantitative estimate of drug-likeness (QED) is 0.204. The van der Waals surface area contributed by atoms with E-state index in [9.17, 15) is 17.6 Å². The first-order valence-corrected chi connectivity index (χ1v) is 13.5. The summed E-state index contributed by atoms with van der Waals surface area (Å²) in [6.45, 7) is -0.0614. The number of fused-ring (bicyclic) bond motifs is 1. The zero-order valence-corrected chi connectivity index (χ0v) is 21.8. The Morgan fingerprint density at radius 1 is 1.05 bits per heavy atom. The average Bonchev–Trinajstić information content (AvgIpc) is 2.92. The number of benzene rings is 3. The van der Waals surface area contributed by atoms with Crippen LogP contribution in [0, 0.1) is 11.6 Å². The van der Waals surface area contributed by atoms with Crippen molar-refractivity contribution in [2.75, 3.05) is 20.3 Å². The fourth-order valence-electron chi connectivity index (χ4n) is 4.12. The molecule has 0 amide bonds. The number of halogens is 3. The number of ether oxygens (including phenoxy) is 3. The minimum Gasteiger partial charge on any atom is -0.488 e. The van der Waals surface area contributed by atoms with Crippen molar-refractivity contribution in [1.29, 1.82) is 0 Å². The molecule has 0 saturated heterocycles. The molecule has 0 unspecified atom stereocenters. The van der Waals surface area contributed by atoms with E-state index in [0.29, 0.717) is 5.02 Å². The smallest absolute Gasteiger partial charge is 0.352 e. The zero-order valence-electron chi connectivity index (χ0n) is 20.3. The summed E-state index contributed by atoms with van der Waals surface area (Å²) in [6.07, 6.45) is -0.0117. The summed E-state index contributed by atoms with van der Waals surface area (Å²) in [5.74, 6) is -3.21. The van der Waals surface area contributed by atoms with Crippen LogP contribution in [-0.4, -0.2) is 46.5 Å². The van der Waals surface area contributed by atoms with Crippen LogP contribution < -0.4 is 4.74 Å². The van der Waals surface area contributed by atoms with E-state index < -0.39 is 56.7 Å². The number of hydrogen-bond donors (Lipinski definition) is 0. The molecule has 4 rings (SSSR count). The fraction of sp³-hybridized carbons (Fsp3) is 0.259. The van der Waals surface area contributed by atoms with Crippen LogP contribution in [0.15, 0.2) is 76.6 Å². The van der Waals surface area contributed by atoms with Gasteiger partial charge in [0, 0.05) is 11.4 Å². The summed E-state index contributed by atoms with van der Waals surface area (Å²) >= 11 is 5.91. The van der Waals surface area contributed by atoms with Gasteiger partial charge in [-0.1, -0.05) is 41.9 Å². The van der Waals surface area contributed by atoms with Crippen LogP contribution in [0.3, 0.4) is 0 Å². The summed E-state index contributed by atoms with van der Waals surface area (Å²) in [6, 6.07) is 15.0. The van der Waals surface area contributed by atoms with Crippen LogP contribution in [0.25, 0.3) is 0 Å². The number of carbonyl (C=O) groups is 1. The van der Waals surface area contributed by atoms with Crippen molar-refractivity contribution in [2.24, 2.45) is 4.99 Å². The molecule has 0 N–H and O–H groups in total. The molecule has 1 heterocycles. The van der Waals surface area contributed by atoms with Crippen molar-refractivity contribution >= 4 is 33.1 Å². The van der Waals surface area contributed by atoms with E-state index in [-0.39, 0.29) is 30.2 Å². The van der Waals surface area contributed by atoms with Crippen molar-refractivity contribution in [3.05, 3.63) is 94.5 Å². The maximum Gasteiger partial charge on any atom is 0.352 e. The lowest BCUT2D eigenvalue weighted by Gasteiger charge is -2.32. The third-order valence-electron chi connectivity index (χ3n) is 5.94. The number of rotatable bonds is 9. The normalized spacial score (nSPS) is 17.4. The van der Waals surface area contributed by atoms with Crippen LogP contribution in [-0.2, 0) is 30.7 Å². The Bertz CT molecular complexity index is 1430. The maximum absolute atomic E-state index is 15.1. The number of sulfone groups is 1. The number of hydrogen-bond acceptors (Lipinski definition) is 7. The highest BCUT2D eigenvalue weighted by atomic mass is 35.5. The molecule has 0 aliphatic carbocycles. The summed E-state index contributed by atoms with van der Waals surface area (Å²) in [7, 11) is -3.20. The second-order valence-corrected chi connectivity index (χ2v) is 10.9. The topological polar surface area (TPSA) is 91.3 Å². The monoisotopic (exact) mass is 563 g/mol. The van der Waals surface area contributed by atoms with Gasteiger partial charge in [-0.3, -0.25) is 4.99 Å². The minimum atomic E-state index is -4.36. The molecule has 0 saturated carbocycles. The number of nitrogens with zero attached hydrogens (tertiary/aromatic N) is 1.